The van der Waals surface area contributed by atoms with Gasteiger partial charge in [-0.2, -0.15) is 0 Å². The van der Waals surface area contributed by atoms with Gasteiger partial charge < -0.3 is 5.32 Å². The van der Waals surface area contributed by atoms with Crippen molar-refractivity contribution in [3.8, 4) is 0 Å². The second kappa shape index (κ2) is 3.87. The van der Waals surface area contributed by atoms with Gasteiger partial charge in [-0.1, -0.05) is 0 Å². The molecule has 1 saturated heterocycles. The molecule has 1 aliphatic rings. The van der Waals surface area contributed by atoms with E-state index in [4.69, 9.17) is 0 Å². The molecule has 0 atom stereocenters. The van der Waals surface area contributed by atoms with E-state index in [1.807, 2.05) is 0 Å². The predicted octanol–water partition coefficient (Wildman–Crippen LogP) is -0.270. The summed E-state index contributed by atoms with van der Waals surface area (Å²) in [5, 5.41) is 3.20. The van der Waals surface area contributed by atoms with E-state index in [9.17, 15) is 4.79 Å². The Morgan fingerprint density at radius 3 is 2.67 bits per heavy atom. The van der Waals surface area contributed by atoms with Crippen molar-refractivity contribution >= 4 is 17.6 Å². The van der Waals surface area contributed by atoms with Crippen LogP contribution in [0.15, 0.2) is 0 Å². The van der Waals surface area contributed by atoms with Gasteiger partial charge in [0.1, 0.15) is 0 Å². The summed E-state index contributed by atoms with van der Waals surface area (Å²) in [6.07, 6.45) is 0. The first-order valence-corrected chi connectivity index (χ1v) is 3.83. The SMILES string of the molecule is O=CSN1CCNCC1. The van der Waals surface area contributed by atoms with Gasteiger partial charge in [-0.3, -0.25) is 4.79 Å². The lowest BCUT2D eigenvalue weighted by molar-refractivity contribution is 0.398. The smallest absolute Gasteiger partial charge is 0.191 e. The molecule has 0 aromatic heterocycles. The molecule has 4 heteroatoms. The Morgan fingerprint density at radius 2 is 2.11 bits per heavy atom. The van der Waals surface area contributed by atoms with E-state index < -0.39 is 0 Å². The molecule has 0 spiro atoms. The van der Waals surface area contributed by atoms with Crippen molar-refractivity contribution in [1.29, 1.82) is 0 Å². The zero-order valence-electron chi connectivity index (χ0n) is 5.17. The highest BCUT2D eigenvalue weighted by Gasteiger charge is 2.07. The van der Waals surface area contributed by atoms with Crippen molar-refractivity contribution < 1.29 is 4.79 Å². The van der Waals surface area contributed by atoms with Crippen molar-refractivity contribution in [2.24, 2.45) is 0 Å². The van der Waals surface area contributed by atoms with Crippen LogP contribution in [0, 0.1) is 0 Å². The van der Waals surface area contributed by atoms with Crippen LogP contribution in [0.1, 0.15) is 0 Å². The Balaban J connectivity index is 2.15. The summed E-state index contributed by atoms with van der Waals surface area (Å²) >= 11 is 1.26. The van der Waals surface area contributed by atoms with E-state index in [-0.39, 0.29) is 0 Å². The van der Waals surface area contributed by atoms with E-state index in [0.717, 1.165) is 31.8 Å². The number of carbonyl (C=O) groups is 1. The Morgan fingerprint density at radius 1 is 1.44 bits per heavy atom. The topological polar surface area (TPSA) is 32.3 Å². The molecule has 0 saturated carbocycles. The van der Waals surface area contributed by atoms with Gasteiger partial charge in [0, 0.05) is 26.2 Å². The molecule has 1 N–H and O–H groups in total. The Kier molecular flexibility index (Phi) is 3.03. The van der Waals surface area contributed by atoms with Crippen molar-refractivity contribution in [3.05, 3.63) is 0 Å². The van der Waals surface area contributed by atoms with Crippen LogP contribution in [0.25, 0.3) is 0 Å². The molecule has 1 aliphatic heterocycles. The first-order chi connectivity index (χ1) is 4.43. The third kappa shape index (κ3) is 2.34. The number of nitrogens with one attached hydrogen (secondary N) is 1. The summed E-state index contributed by atoms with van der Waals surface area (Å²) in [6, 6.07) is 0. The van der Waals surface area contributed by atoms with Crippen molar-refractivity contribution in [3.63, 3.8) is 0 Å². The van der Waals surface area contributed by atoms with E-state index in [1.54, 1.807) is 0 Å². The zero-order chi connectivity index (χ0) is 6.53. The summed E-state index contributed by atoms with van der Waals surface area (Å²) in [7, 11) is 0. The van der Waals surface area contributed by atoms with Crippen LogP contribution in [-0.4, -0.2) is 36.1 Å². The van der Waals surface area contributed by atoms with Crippen LogP contribution in [0.5, 0.6) is 0 Å². The molecule has 3 nitrogen and oxygen atoms in total. The maximum Gasteiger partial charge on any atom is 0.191 e. The maximum absolute atomic E-state index is 9.97. The molecule has 0 aliphatic carbocycles. The quantitative estimate of drug-likeness (QED) is 0.429. The second-order valence-electron chi connectivity index (χ2n) is 1.88. The molecule has 1 rings (SSSR count). The highest BCUT2D eigenvalue weighted by molar-refractivity contribution is 8.09. The van der Waals surface area contributed by atoms with Crippen LogP contribution >= 0.6 is 11.9 Å². The molecule has 1 heterocycles. The van der Waals surface area contributed by atoms with Gasteiger partial charge in [-0.25, -0.2) is 4.31 Å². The van der Waals surface area contributed by atoms with Gasteiger partial charge in [-0.15, -0.1) is 0 Å². The monoisotopic (exact) mass is 146 g/mol. The van der Waals surface area contributed by atoms with Gasteiger partial charge in [-0.05, 0) is 11.9 Å². The van der Waals surface area contributed by atoms with E-state index in [1.165, 1.54) is 11.9 Å². The van der Waals surface area contributed by atoms with E-state index >= 15 is 0 Å². The first-order valence-electron chi connectivity index (χ1n) is 2.99. The lowest BCUT2D eigenvalue weighted by Crippen LogP contribution is -2.39. The molecule has 0 amide bonds. The molecule has 0 unspecified atom stereocenters. The molecular formula is C5H10N2OS. The average Bonchev–Trinajstić information content (AvgIpc) is 1.91. The molecule has 9 heavy (non-hydrogen) atoms. The third-order valence-corrected chi connectivity index (χ3v) is 2.02. The number of nitrogens with zero attached hydrogens (tertiary/aromatic N) is 1. The maximum atomic E-state index is 9.97. The normalized spacial score (nSPS) is 21.8. The minimum Gasteiger partial charge on any atom is -0.314 e. The summed E-state index contributed by atoms with van der Waals surface area (Å²) in [6.45, 7) is 3.95. The van der Waals surface area contributed by atoms with Crippen molar-refractivity contribution in [1.82, 2.24) is 9.62 Å². The summed E-state index contributed by atoms with van der Waals surface area (Å²) < 4.78 is 2.06. The lowest BCUT2D eigenvalue weighted by atomic mass is 10.4. The minimum absolute atomic E-state index is 0.880. The summed E-state index contributed by atoms with van der Waals surface area (Å²) in [5.74, 6) is 0. The summed E-state index contributed by atoms with van der Waals surface area (Å²) in [4.78, 5) is 9.97. The van der Waals surface area contributed by atoms with Crippen LogP contribution in [0.2, 0.25) is 0 Å². The number of hydrogen-bond acceptors (Lipinski definition) is 4. The standard InChI is InChI=1S/C5H10N2OS/c8-5-9-7-3-1-6-2-4-7/h5-6H,1-4H2. The number of hydrogen-bond donors (Lipinski definition) is 1. The molecule has 52 valence electrons. The minimum atomic E-state index is 0.880. The molecule has 1 fully saturated rings. The fraction of sp³-hybridized carbons (Fsp3) is 0.800. The fourth-order valence-electron chi connectivity index (χ4n) is 0.811. The Bertz CT molecular complexity index is 93.0. The third-order valence-electron chi connectivity index (χ3n) is 1.27. The largest absolute Gasteiger partial charge is 0.314 e. The highest BCUT2D eigenvalue weighted by Crippen LogP contribution is 2.04. The van der Waals surface area contributed by atoms with Crippen LogP contribution < -0.4 is 5.32 Å². The average molecular weight is 146 g/mol. The second-order valence-corrected chi connectivity index (χ2v) is 2.80. The highest BCUT2D eigenvalue weighted by atomic mass is 32.2. The van der Waals surface area contributed by atoms with Crippen LogP contribution in [0.3, 0.4) is 0 Å². The van der Waals surface area contributed by atoms with Crippen molar-refractivity contribution in [2.75, 3.05) is 26.2 Å². The van der Waals surface area contributed by atoms with Gasteiger partial charge in [0.15, 0.2) is 5.62 Å². The fourth-order valence-corrected chi connectivity index (χ4v) is 1.33. The zero-order valence-corrected chi connectivity index (χ0v) is 5.99. The van der Waals surface area contributed by atoms with Crippen LogP contribution in [-0.2, 0) is 4.79 Å². The van der Waals surface area contributed by atoms with E-state index in [2.05, 4.69) is 9.62 Å². The van der Waals surface area contributed by atoms with E-state index in [0.29, 0.717) is 0 Å². The molecule has 0 bridgehead atoms. The van der Waals surface area contributed by atoms with Gasteiger partial charge in [0.2, 0.25) is 0 Å². The summed E-state index contributed by atoms with van der Waals surface area (Å²) in [5.41, 5.74) is 0.880. The van der Waals surface area contributed by atoms with Gasteiger partial charge >= 0.3 is 0 Å². The molecule has 0 radical (unpaired) electrons. The van der Waals surface area contributed by atoms with Gasteiger partial charge in [0.05, 0.1) is 0 Å². The Hall–Kier alpha value is -0.0600. The van der Waals surface area contributed by atoms with Crippen LogP contribution in [0.4, 0.5) is 0 Å². The number of rotatable bonds is 2. The lowest BCUT2D eigenvalue weighted by Gasteiger charge is -2.23. The number of piperazine rings is 1. The molecular weight excluding hydrogens is 136 g/mol. The molecule has 0 aromatic carbocycles. The first kappa shape index (κ1) is 7.05. The van der Waals surface area contributed by atoms with Crippen molar-refractivity contribution in [2.45, 2.75) is 0 Å². The molecule has 0 aromatic rings. The number of carbonyl (C=O) groups excluding carboxylic acids is 1. The van der Waals surface area contributed by atoms with Gasteiger partial charge in [0.25, 0.3) is 0 Å². The Labute approximate surface area is 58.9 Å². The predicted molar refractivity (Wildman–Crippen MR) is 38.8 cm³/mol.